The number of nitrogens with one attached hydrogen (secondary N) is 1. The molecule has 1 atom stereocenters. The molecule has 0 aromatic heterocycles. The van der Waals surface area contributed by atoms with Crippen LogP contribution in [-0.2, 0) is 6.18 Å². The summed E-state index contributed by atoms with van der Waals surface area (Å²) in [5.74, 6) is -0.285. The van der Waals surface area contributed by atoms with Crippen molar-refractivity contribution in [3.05, 3.63) is 35.1 Å². The molecule has 1 saturated heterocycles. The molecular formula is C18H25ClF4N2. The molecule has 0 bridgehead atoms. The van der Waals surface area contributed by atoms with E-state index in [1.807, 2.05) is 0 Å². The van der Waals surface area contributed by atoms with Gasteiger partial charge in [-0.1, -0.05) is 19.3 Å². The average Bonchev–Trinajstić information content (AvgIpc) is 2.58. The Balaban J connectivity index is 0.00000225. The molecule has 1 N–H and O–H groups in total. The number of nitrogens with zero attached hydrogens (tertiary/aromatic N) is 1. The van der Waals surface area contributed by atoms with Gasteiger partial charge in [-0.15, -0.1) is 12.4 Å². The standard InChI is InChI=1S/C18H24F4N2.ClH/c19-16-7-6-14(18(20,21)22)12-15(16)17(13-4-2-1-3-5-13)24-10-8-23-9-11-24;/h6-7,12-13,17,23H,1-5,8-11H2;1H/t17-;/m0./s1. The summed E-state index contributed by atoms with van der Waals surface area (Å²) in [6.45, 7) is 3.08. The Labute approximate surface area is 152 Å². The van der Waals surface area contributed by atoms with Crippen molar-refractivity contribution in [3.63, 3.8) is 0 Å². The highest BCUT2D eigenvalue weighted by Crippen LogP contribution is 2.41. The maximum absolute atomic E-state index is 14.5. The van der Waals surface area contributed by atoms with E-state index in [4.69, 9.17) is 0 Å². The lowest BCUT2D eigenvalue weighted by atomic mass is 9.79. The van der Waals surface area contributed by atoms with Gasteiger partial charge in [0.2, 0.25) is 0 Å². The van der Waals surface area contributed by atoms with E-state index in [0.29, 0.717) is 0 Å². The topological polar surface area (TPSA) is 15.3 Å². The quantitative estimate of drug-likeness (QED) is 0.758. The number of piperazine rings is 1. The Morgan fingerprint density at radius 3 is 2.28 bits per heavy atom. The fraction of sp³-hybridized carbons (Fsp3) is 0.667. The molecule has 2 aliphatic rings. The molecule has 3 rings (SSSR count). The predicted molar refractivity (Wildman–Crippen MR) is 92.4 cm³/mol. The largest absolute Gasteiger partial charge is 0.416 e. The summed E-state index contributed by atoms with van der Waals surface area (Å²) in [6, 6.07) is 2.61. The minimum atomic E-state index is -4.44. The Kier molecular flexibility index (Phi) is 7.11. The lowest BCUT2D eigenvalue weighted by Crippen LogP contribution is -2.47. The van der Waals surface area contributed by atoms with Crippen LogP contribution in [0, 0.1) is 11.7 Å². The van der Waals surface area contributed by atoms with Gasteiger partial charge in [-0.3, -0.25) is 4.90 Å². The number of hydrogen-bond acceptors (Lipinski definition) is 2. The molecule has 1 heterocycles. The first-order valence-electron chi connectivity index (χ1n) is 8.78. The van der Waals surface area contributed by atoms with Crippen molar-refractivity contribution >= 4 is 12.4 Å². The number of hydrogen-bond donors (Lipinski definition) is 1. The van der Waals surface area contributed by atoms with Crippen LogP contribution in [0.15, 0.2) is 18.2 Å². The molecule has 7 heteroatoms. The third kappa shape index (κ3) is 4.86. The number of halogens is 5. The van der Waals surface area contributed by atoms with Crippen LogP contribution in [0.3, 0.4) is 0 Å². The first kappa shape index (κ1) is 20.5. The maximum atomic E-state index is 14.5. The van der Waals surface area contributed by atoms with Crippen LogP contribution in [0.2, 0.25) is 0 Å². The zero-order valence-corrected chi connectivity index (χ0v) is 14.9. The zero-order valence-electron chi connectivity index (χ0n) is 14.1. The van der Waals surface area contributed by atoms with Crippen LogP contribution in [0.5, 0.6) is 0 Å². The highest BCUT2D eigenvalue weighted by Gasteiger charge is 2.36. The predicted octanol–water partition coefficient (Wildman–Crippen LogP) is 4.79. The molecule has 1 aromatic carbocycles. The maximum Gasteiger partial charge on any atom is 0.416 e. The second-order valence-electron chi connectivity index (χ2n) is 6.86. The van der Waals surface area contributed by atoms with E-state index in [1.54, 1.807) is 0 Å². The summed E-state index contributed by atoms with van der Waals surface area (Å²) in [7, 11) is 0. The summed E-state index contributed by atoms with van der Waals surface area (Å²) in [5, 5.41) is 3.26. The molecular weight excluding hydrogens is 356 g/mol. The molecule has 0 unspecified atom stereocenters. The van der Waals surface area contributed by atoms with Crippen molar-refractivity contribution in [2.24, 2.45) is 5.92 Å². The Hall–Kier alpha value is -0.850. The lowest BCUT2D eigenvalue weighted by molar-refractivity contribution is -0.137. The van der Waals surface area contributed by atoms with Crippen molar-refractivity contribution in [1.29, 1.82) is 0 Å². The fourth-order valence-corrected chi connectivity index (χ4v) is 4.11. The van der Waals surface area contributed by atoms with E-state index < -0.39 is 17.6 Å². The summed E-state index contributed by atoms with van der Waals surface area (Å²) < 4.78 is 53.8. The van der Waals surface area contributed by atoms with Crippen LogP contribution < -0.4 is 5.32 Å². The fourth-order valence-electron chi connectivity index (χ4n) is 4.11. The molecule has 142 valence electrons. The van der Waals surface area contributed by atoms with Crippen molar-refractivity contribution in [1.82, 2.24) is 10.2 Å². The van der Waals surface area contributed by atoms with E-state index in [9.17, 15) is 17.6 Å². The van der Waals surface area contributed by atoms with Gasteiger partial charge in [0.25, 0.3) is 0 Å². The third-order valence-electron chi connectivity index (χ3n) is 5.28. The van der Waals surface area contributed by atoms with E-state index in [0.717, 1.165) is 76.5 Å². The lowest BCUT2D eigenvalue weighted by Gasteiger charge is -2.41. The van der Waals surface area contributed by atoms with Crippen LogP contribution in [-0.4, -0.2) is 31.1 Å². The second-order valence-corrected chi connectivity index (χ2v) is 6.86. The van der Waals surface area contributed by atoms with Gasteiger partial charge < -0.3 is 5.32 Å². The molecule has 1 aliphatic carbocycles. The minimum absolute atomic E-state index is 0. The van der Waals surface area contributed by atoms with Crippen molar-refractivity contribution in [2.75, 3.05) is 26.2 Å². The summed E-state index contributed by atoms with van der Waals surface area (Å²) >= 11 is 0. The molecule has 0 amide bonds. The van der Waals surface area contributed by atoms with Gasteiger partial charge in [0.15, 0.2) is 0 Å². The Bertz CT molecular complexity index is 534. The van der Waals surface area contributed by atoms with Crippen LogP contribution in [0.25, 0.3) is 0 Å². The van der Waals surface area contributed by atoms with Gasteiger partial charge in [-0.05, 0) is 37.0 Å². The first-order chi connectivity index (χ1) is 11.5. The Morgan fingerprint density at radius 1 is 1.04 bits per heavy atom. The van der Waals surface area contributed by atoms with Gasteiger partial charge in [0.1, 0.15) is 5.82 Å². The smallest absolute Gasteiger partial charge is 0.314 e. The molecule has 2 fully saturated rings. The van der Waals surface area contributed by atoms with Gasteiger partial charge in [-0.2, -0.15) is 13.2 Å². The number of rotatable bonds is 3. The molecule has 1 saturated carbocycles. The van der Waals surface area contributed by atoms with Crippen molar-refractivity contribution in [3.8, 4) is 0 Å². The van der Waals surface area contributed by atoms with E-state index >= 15 is 0 Å². The Morgan fingerprint density at radius 2 is 1.68 bits per heavy atom. The summed E-state index contributed by atoms with van der Waals surface area (Å²) in [5.41, 5.74) is -0.534. The monoisotopic (exact) mass is 380 g/mol. The van der Waals surface area contributed by atoms with Gasteiger partial charge in [0.05, 0.1) is 5.56 Å². The molecule has 1 aliphatic heterocycles. The molecule has 0 radical (unpaired) electrons. The number of alkyl halides is 3. The van der Waals surface area contributed by atoms with Gasteiger partial charge in [-0.25, -0.2) is 4.39 Å². The normalized spacial score (nSPS) is 21.6. The second kappa shape index (κ2) is 8.69. The SMILES string of the molecule is Cl.Fc1ccc(C(F)(F)F)cc1[C@H](C1CCCCC1)N1CCNCC1. The third-order valence-corrected chi connectivity index (χ3v) is 5.28. The van der Waals surface area contributed by atoms with E-state index in [1.165, 1.54) is 0 Å². The highest BCUT2D eigenvalue weighted by atomic mass is 35.5. The molecule has 0 spiro atoms. The minimum Gasteiger partial charge on any atom is -0.314 e. The van der Waals surface area contributed by atoms with E-state index in [-0.39, 0.29) is 29.9 Å². The first-order valence-corrected chi connectivity index (χ1v) is 8.78. The molecule has 25 heavy (non-hydrogen) atoms. The van der Waals surface area contributed by atoms with Crippen molar-refractivity contribution in [2.45, 2.75) is 44.3 Å². The van der Waals surface area contributed by atoms with Gasteiger partial charge >= 0.3 is 6.18 Å². The molecule has 2 nitrogen and oxygen atoms in total. The molecule has 1 aromatic rings. The van der Waals surface area contributed by atoms with Gasteiger partial charge in [0, 0.05) is 37.8 Å². The van der Waals surface area contributed by atoms with Crippen LogP contribution in [0.1, 0.15) is 49.3 Å². The number of benzene rings is 1. The summed E-state index contributed by atoms with van der Waals surface area (Å²) in [4.78, 5) is 2.17. The van der Waals surface area contributed by atoms with Crippen molar-refractivity contribution < 1.29 is 17.6 Å². The average molecular weight is 381 g/mol. The van der Waals surface area contributed by atoms with Crippen LogP contribution >= 0.6 is 12.4 Å². The highest BCUT2D eigenvalue weighted by molar-refractivity contribution is 5.85. The van der Waals surface area contributed by atoms with E-state index in [2.05, 4.69) is 10.2 Å². The summed E-state index contributed by atoms with van der Waals surface area (Å²) in [6.07, 6.45) is 0.801. The van der Waals surface area contributed by atoms with Crippen LogP contribution in [0.4, 0.5) is 17.6 Å². The zero-order chi connectivity index (χ0) is 17.2.